The zero-order valence-corrected chi connectivity index (χ0v) is 22.7. The standard InChI is InChI=1S/C29H32N2O5Si/c1-20-25-17-23(35-22-8-6-5-7-9-22)11-12-24(25)28(32)30(20)18-21-10-13-26-27(16-21)36-29(33)31(26)19-34-14-15-37(2,3)4/h5-13,16-17,20H,14-15,18-19H2,1-4H3. The van der Waals surface area contributed by atoms with Crippen LogP contribution >= 0.6 is 0 Å². The van der Waals surface area contributed by atoms with Crippen molar-refractivity contribution in [3.63, 3.8) is 0 Å². The molecule has 1 amide bonds. The number of ether oxygens (including phenoxy) is 2. The first-order valence-corrected chi connectivity index (χ1v) is 16.3. The molecule has 1 unspecified atom stereocenters. The highest BCUT2D eigenvalue weighted by atomic mass is 28.3. The summed E-state index contributed by atoms with van der Waals surface area (Å²) in [5.74, 6) is 0.982. The Hall–Kier alpha value is -3.62. The van der Waals surface area contributed by atoms with Gasteiger partial charge in [0.15, 0.2) is 5.58 Å². The number of para-hydroxylation sites is 1. The van der Waals surface area contributed by atoms with Crippen molar-refractivity contribution in [3.8, 4) is 11.5 Å². The molecule has 0 saturated carbocycles. The average molecular weight is 517 g/mol. The molecule has 2 heterocycles. The third-order valence-corrected chi connectivity index (χ3v) is 8.42. The number of benzene rings is 3. The molecular formula is C29H32N2O5Si. The molecule has 0 saturated heterocycles. The topological polar surface area (TPSA) is 73.9 Å². The van der Waals surface area contributed by atoms with Gasteiger partial charge in [0.1, 0.15) is 18.2 Å². The van der Waals surface area contributed by atoms with Crippen molar-refractivity contribution in [3.05, 3.63) is 94.0 Å². The van der Waals surface area contributed by atoms with Gasteiger partial charge in [0.2, 0.25) is 0 Å². The van der Waals surface area contributed by atoms with Gasteiger partial charge >= 0.3 is 5.76 Å². The van der Waals surface area contributed by atoms with Gasteiger partial charge in [0, 0.05) is 26.8 Å². The van der Waals surface area contributed by atoms with Crippen LogP contribution in [0.25, 0.3) is 11.1 Å². The van der Waals surface area contributed by atoms with Crippen LogP contribution in [0, 0.1) is 0 Å². The molecule has 37 heavy (non-hydrogen) atoms. The minimum atomic E-state index is -1.20. The van der Waals surface area contributed by atoms with Gasteiger partial charge in [-0.3, -0.25) is 4.79 Å². The van der Waals surface area contributed by atoms with Crippen LogP contribution in [-0.4, -0.2) is 30.1 Å². The predicted octanol–water partition coefficient (Wildman–Crippen LogP) is 6.42. The number of rotatable bonds is 9. The van der Waals surface area contributed by atoms with Crippen LogP contribution in [0.5, 0.6) is 11.5 Å². The molecule has 3 aromatic carbocycles. The van der Waals surface area contributed by atoms with E-state index in [0.29, 0.717) is 35.6 Å². The molecule has 5 rings (SSSR count). The maximum Gasteiger partial charge on any atom is 0.421 e. The molecule has 4 aromatic rings. The Morgan fingerprint density at radius 1 is 0.946 bits per heavy atom. The summed E-state index contributed by atoms with van der Waals surface area (Å²) in [6.07, 6.45) is 0. The number of oxazole rings is 1. The molecular weight excluding hydrogens is 484 g/mol. The van der Waals surface area contributed by atoms with Gasteiger partial charge < -0.3 is 18.8 Å². The van der Waals surface area contributed by atoms with E-state index < -0.39 is 13.8 Å². The maximum absolute atomic E-state index is 13.2. The lowest BCUT2D eigenvalue weighted by Gasteiger charge is -2.22. The van der Waals surface area contributed by atoms with Crippen LogP contribution < -0.4 is 10.5 Å². The molecule has 0 fully saturated rings. The Labute approximate surface area is 217 Å². The number of hydrogen-bond donors (Lipinski definition) is 0. The van der Waals surface area contributed by atoms with Crippen molar-refractivity contribution < 1.29 is 18.7 Å². The number of fused-ring (bicyclic) bond motifs is 2. The molecule has 1 aliphatic rings. The summed E-state index contributed by atoms with van der Waals surface area (Å²) in [5, 5.41) is 0. The molecule has 0 bridgehead atoms. The normalized spacial score (nSPS) is 15.4. The van der Waals surface area contributed by atoms with E-state index in [9.17, 15) is 9.59 Å². The van der Waals surface area contributed by atoms with Crippen LogP contribution in [0.1, 0.15) is 34.5 Å². The highest BCUT2D eigenvalue weighted by Gasteiger charge is 2.34. The third kappa shape index (κ3) is 5.40. The van der Waals surface area contributed by atoms with Gasteiger partial charge in [-0.25, -0.2) is 9.36 Å². The Balaban J connectivity index is 1.30. The van der Waals surface area contributed by atoms with Gasteiger partial charge in [0.05, 0.1) is 11.6 Å². The van der Waals surface area contributed by atoms with E-state index in [2.05, 4.69) is 19.6 Å². The van der Waals surface area contributed by atoms with Crippen molar-refractivity contribution in [2.24, 2.45) is 0 Å². The van der Waals surface area contributed by atoms with Crippen LogP contribution in [0.15, 0.2) is 75.9 Å². The summed E-state index contributed by atoms with van der Waals surface area (Å²) >= 11 is 0. The molecule has 1 aromatic heterocycles. The first-order chi connectivity index (χ1) is 17.7. The summed E-state index contributed by atoms with van der Waals surface area (Å²) in [7, 11) is -1.20. The smallest absolute Gasteiger partial charge is 0.421 e. The predicted molar refractivity (Wildman–Crippen MR) is 146 cm³/mol. The maximum atomic E-state index is 13.2. The largest absolute Gasteiger partial charge is 0.457 e. The van der Waals surface area contributed by atoms with Gasteiger partial charge in [-0.15, -0.1) is 0 Å². The first kappa shape index (κ1) is 25.0. The van der Waals surface area contributed by atoms with Gasteiger partial charge in [0.25, 0.3) is 5.91 Å². The summed E-state index contributed by atoms with van der Waals surface area (Å²) in [5.41, 5.74) is 3.69. The second-order valence-corrected chi connectivity index (χ2v) is 16.3. The Morgan fingerprint density at radius 3 is 2.49 bits per heavy atom. The van der Waals surface area contributed by atoms with E-state index >= 15 is 0 Å². The van der Waals surface area contributed by atoms with Crippen LogP contribution in [0.4, 0.5) is 0 Å². The quantitative estimate of drug-likeness (QED) is 0.190. The lowest BCUT2D eigenvalue weighted by molar-refractivity contribution is 0.0723. The van der Waals surface area contributed by atoms with Crippen LogP contribution in [-0.2, 0) is 18.0 Å². The Kier molecular flexibility index (Phi) is 6.79. The molecule has 7 nitrogen and oxygen atoms in total. The highest BCUT2D eigenvalue weighted by molar-refractivity contribution is 6.76. The fraction of sp³-hybridized carbons (Fsp3) is 0.310. The van der Waals surface area contributed by atoms with E-state index in [-0.39, 0.29) is 18.7 Å². The second-order valence-electron chi connectivity index (χ2n) is 10.7. The molecule has 1 atom stereocenters. The number of aromatic nitrogens is 1. The van der Waals surface area contributed by atoms with Gasteiger partial charge in [-0.2, -0.15) is 0 Å². The molecule has 192 valence electrons. The number of amides is 1. The third-order valence-electron chi connectivity index (χ3n) is 6.71. The van der Waals surface area contributed by atoms with Crippen LogP contribution in [0.3, 0.4) is 0 Å². The zero-order chi connectivity index (χ0) is 26.2. The summed E-state index contributed by atoms with van der Waals surface area (Å²) in [6.45, 7) is 10.1. The summed E-state index contributed by atoms with van der Waals surface area (Å²) < 4.78 is 18.8. The van der Waals surface area contributed by atoms with E-state index in [4.69, 9.17) is 13.9 Å². The van der Waals surface area contributed by atoms with Crippen molar-refractivity contribution in [1.82, 2.24) is 9.47 Å². The van der Waals surface area contributed by atoms with Crippen molar-refractivity contribution >= 4 is 25.1 Å². The van der Waals surface area contributed by atoms with E-state index in [0.717, 1.165) is 22.9 Å². The summed E-state index contributed by atoms with van der Waals surface area (Å²) in [6, 6.07) is 21.7. The minimum Gasteiger partial charge on any atom is -0.457 e. The zero-order valence-electron chi connectivity index (χ0n) is 21.7. The Morgan fingerprint density at radius 2 is 1.73 bits per heavy atom. The van der Waals surface area contributed by atoms with E-state index in [1.54, 1.807) is 0 Å². The van der Waals surface area contributed by atoms with E-state index in [1.165, 1.54) is 4.57 Å². The molecule has 0 radical (unpaired) electrons. The second kappa shape index (κ2) is 10.0. The number of carbonyl (C=O) groups excluding carboxylic acids is 1. The lowest BCUT2D eigenvalue weighted by atomic mass is 10.1. The fourth-order valence-electron chi connectivity index (χ4n) is 4.54. The molecule has 1 aliphatic heterocycles. The Bertz CT molecular complexity index is 1490. The number of hydrogen-bond acceptors (Lipinski definition) is 5. The summed E-state index contributed by atoms with van der Waals surface area (Å²) in [4.78, 5) is 27.5. The fourth-order valence-corrected chi connectivity index (χ4v) is 5.30. The van der Waals surface area contributed by atoms with Crippen LogP contribution in [0.2, 0.25) is 25.7 Å². The molecule has 0 aliphatic carbocycles. The minimum absolute atomic E-state index is 0.0244. The molecule has 8 heteroatoms. The SMILES string of the molecule is CC1c2cc(Oc3ccccc3)ccc2C(=O)N1Cc1ccc2c(c1)oc(=O)n2COCC[Si](C)(C)C. The molecule has 0 N–H and O–H groups in total. The van der Waals surface area contributed by atoms with Crippen molar-refractivity contribution in [2.75, 3.05) is 6.61 Å². The van der Waals surface area contributed by atoms with Crippen molar-refractivity contribution in [2.45, 2.75) is 51.9 Å². The highest BCUT2D eigenvalue weighted by Crippen LogP contribution is 2.37. The number of carbonyl (C=O) groups is 1. The van der Waals surface area contributed by atoms with Crippen molar-refractivity contribution in [1.29, 1.82) is 0 Å². The lowest BCUT2D eigenvalue weighted by Crippen LogP contribution is -2.26. The average Bonchev–Trinajstić information content (AvgIpc) is 3.29. The van der Waals surface area contributed by atoms with Gasteiger partial charge in [-0.1, -0.05) is 43.9 Å². The first-order valence-electron chi connectivity index (χ1n) is 12.6. The monoisotopic (exact) mass is 516 g/mol. The number of nitrogens with zero attached hydrogens (tertiary/aromatic N) is 2. The molecule has 0 spiro atoms. The van der Waals surface area contributed by atoms with E-state index in [1.807, 2.05) is 78.6 Å². The van der Waals surface area contributed by atoms with Gasteiger partial charge in [-0.05, 0) is 66.6 Å².